The van der Waals surface area contributed by atoms with E-state index in [1.807, 2.05) is 0 Å². The largest absolute Gasteiger partial charge is 0.447 e. The molecular weight excluding hydrogens is 459 g/mol. The second kappa shape index (κ2) is 12.4. The van der Waals surface area contributed by atoms with Crippen molar-refractivity contribution in [1.29, 1.82) is 0 Å². The number of ether oxygens (including phenoxy) is 2. The third kappa shape index (κ3) is 7.60. The first-order valence-electron chi connectivity index (χ1n) is 10.0. The minimum absolute atomic E-state index is 0.0305. The highest BCUT2D eigenvalue weighted by Crippen LogP contribution is 2.26. The third-order valence-corrected chi connectivity index (χ3v) is 6.55. The maximum absolute atomic E-state index is 13.5. The van der Waals surface area contributed by atoms with E-state index in [9.17, 15) is 22.4 Å². The van der Waals surface area contributed by atoms with Gasteiger partial charge in [-0.1, -0.05) is 0 Å². The molecule has 33 heavy (non-hydrogen) atoms. The van der Waals surface area contributed by atoms with Crippen LogP contribution in [0.1, 0.15) is 18.5 Å². The highest BCUT2D eigenvalue weighted by atomic mass is 32.2. The average molecular weight is 487 g/mol. The van der Waals surface area contributed by atoms with Crippen LogP contribution in [-0.2, 0) is 24.3 Å². The fourth-order valence-corrected chi connectivity index (χ4v) is 4.23. The number of rotatable bonds is 11. The summed E-state index contributed by atoms with van der Waals surface area (Å²) in [6.45, 7) is -0.793. The molecule has 1 aromatic rings. The molecule has 0 aromatic carbocycles. The summed E-state index contributed by atoms with van der Waals surface area (Å²) < 4.78 is 50.3. The van der Waals surface area contributed by atoms with E-state index in [2.05, 4.69) is 4.98 Å². The van der Waals surface area contributed by atoms with Crippen LogP contribution in [0, 0.1) is 0 Å². The number of methoxy groups -OCH3 is 1. The number of likely N-dealkylation sites (N-methyl/N-ethyl adjacent to an activating group) is 1. The molecule has 1 aromatic heterocycles. The maximum Gasteiger partial charge on any atom is 0.409 e. The number of halogens is 1. The number of amides is 2. The van der Waals surface area contributed by atoms with Gasteiger partial charge >= 0.3 is 6.09 Å². The monoisotopic (exact) mass is 486 g/mol. The molecule has 0 spiro atoms. The van der Waals surface area contributed by atoms with Crippen molar-refractivity contribution in [2.75, 3.05) is 47.0 Å². The van der Waals surface area contributed by atoms with Gasteiger partial charge in [0.1, 0.15) is 17.3 Å². The lowest BCUT2D eigenvalue weighted by molar-refractivity contribution is -0.129. The fourth-order valence-electron chi connectivity index (χ4n) is 2.89. The Morgan fingerprint density at radius 1 is 1.27 bits per heavy atom. The molecule has 0 aliphatic heterocycles. The fraction of sp³-hybridized carbons (Fsp3) is 0.450. The molecular formula is C20H27FN4O7S. The molecule has 1 aliphatic carbocycles. The zero-order valence-electron chi connectivity index (χ0n) is 18.4. The Hall–Kier alpha value is -2.87. The predicted octanol–water partition coefficient (Wildman–Crippen LogP) is 1.32. The van der Waals surface area contributed by atoms with Crippen LogP contribution in [0.25, 0.3) is 5.57 Å². The van der Waals surface area contributed by atoms with E-state index in [0.29, 0.717) is 24.1 Å². The van der Waals surface area contributed by atoms with Gasteiger partial charge in [0.25, 0.3) is 5.91 Å². The quantitative estimate of drug-likeness (QED) is 0.271. The number of pyridine rings is 1. The van der Waals surface area contributed by atoms with Crippen molar-refractivity contribution < 1.29 is 37.1 Å². The van der Waals surface area contributed by atoms with E-state index in [1.54, 1.807) is 0 Å². The molecule has 2 amide bonds. The van der Waals surface area contributed by atoms with E-state index < -0.39 is 28.6 Å². The standard InChI is InChI=1S/C20H27FN4O7S/c1-24(20(27)32-11-10-31-2)8-9-25(14-19(26)23-28)33(29,30)17-6-7-18(22-13-17)15-4-3-5-16(21)12-15/h5-7,12-13,28H,3-4,8-11,14H2,1-2H3,(H,23,26). The van der Waals surface area contributed by atoms with E-state index in [4.69, 9.17) is 14.7 Å². The number of hydrogen-bond acceptors (Lipinski definition) is 8. The minimum atomic E-state index is -4.21. The normalized spacial score (nSPS) is 13.8. The van der Waals surface area contributed by atoms with Gasteiger partial charge in [0.15, 0.2) is 0 Å². The first kappa shape index (κ1) is 26.4. The Morgan fingerprint density at radius 2 is 2.03 bits per heavy atom. The van der Waals surface area contributed by atoms with Crippen LogP contribution in [0.15, 0.2) is 41.2 Å². The summed E-state index contributed by atoms with van der Waals surface area (Å²) in [6.07, 6.45) is 4.32. The van der Waals surface area contributed by atoms with Gasteiger partial charge in [0, 0.05) is 33.4 Å². The van der Waals surface area contributed by atoms with Gasteiger partial charge < -0.3 is 14.4 Å². The van der Waals surface area contributed by atoms with Crippen molar-refractivity contribution in [2.45, 2.75) is 17.7 Å². The number of hydroxylamine groups is 1. The molecule has 1 aliphatic rings. The third-order valence-electron chi connectivity index (χ3n) is 4.72. The topological polar surface area (TPSA) is 138 Å². The summed E-state index contributed by atoms with van der Waals surface area (Å²) in [5, 5.41) is 8.84. The number of nitrogens with zero attached hydrogens (tertiary/aromatic N) is 3. The molecule has 0 unspecified atom stereocenters. The van der Waals surface area contributed by atoms with E-state index >= 15 is 0 Å². The Labute approximate surface area is 191 Å². The van der Waals surface area contributed by atoms with Crippen LogP contribution in [0.4, 0.5) is 9.18 Å². The number of carbonyl (C=O) groups excluding carboxylic acids is 2. The average Bonchev–Trinajstić information content (AvgIpc) is 2.81. The summed E-state index contributed by atoms with van der Waals surface area (Å²) in [5.74, 6) is -1.33. The lowest BCUT2D eigenvalue weighted by atomic mass is 10.0. The van der Waals surface area contributed by atoms with Crippen LogP contribution in [-0.4, -0.2) is 86.8 Å². The van der Waals surface area contributed by atoms with Gasteiger partial charge in [-0.25, -0.2) is 23.1 Å². The van der Waals surface area contributed by atoms with Crippen molar-refractivity contribution in [3.8, 4) is 0 Å². The summed E-state index contributed by atoms with van der Waals surface area (Å²) in [4.78, 5) is 28.7. The first-order chi connectivity index (χ1) is 15.7. The van der Waals surface area contributed by atoms with E-state index in [1.165, 1.54) is 43.9 Å². The number of sulfonamides is 1. The summed E-state index contributed by atoms with van der Waals surface area (Å²) in [6, 6.07) is 2.77. The maximum atomic E-state index is 13.5. The summed E-state index contributed by atoms with van der Waals surface area (Å²) in [5.41, 5.74) is 2.47. The van der Waals surface area contributed by atoms with Gasteiger partial charge in [0.2, 0.25) is 10.0 Å². The van der Waals surface area contributed by atoms with Gasteiger partial charge in [0.05, 0.1) is 18.8 Å². The highest BCUT2D eigenvalue weighted by Gasteiger charge is 2.28. The van der Waals surface area contributed by atoms with Crippen LogP contribution in [0.3, 0.4) is 0 Å². The molecule has 0 saturated heterocycles. The summed E-state index contributed by atoms with van der Waals surface area (Å²) in [7, 11) is -1.35. The Morgan fingerprint density at radius 3 is 2.64 bits per heavy atom. The molecule has 2 rings (SSSR count). The SMILES string of the molecule is COCCOC(=O)N(C)CCN(CC(=O)NO)S(=O)(=O)c1ccc(C2=CC(F)=CCC2)nc1. The van der Waals surface area contributed by atoms with Gasteiger partial charge in [-0.2, -0.15) is 4.31 Å². The number of carbonyl (C=O) groups is 2. The second-order valence-corrected chi connectivity index (χ2v) is 9.02. The van der Waals surface area contributed by atoms with Gasteiger partial charge in [-0.05, 0) is 42.7 Å². The highest BCUT2D eigenvalue weighted by molar-refractivity contribution is 7.89. The molecule has 0 fully saturated rings. The number of aromatic nitrogens is 1. The minimum Gasteiger partial charge on any atom is -0.447 e. The van der Waals surface area contributed by atoms with Gasteiger partial charge in [-0.3, -0.25) is 15.0 Å². The van der Waals surface area contributed by atoms with Crippen LogP contribution >= 0.6 is 0 Å². The van der Waals surface area contributed by atoms with Crippen molar-refractivity contribution >= 4 is 27.6 Å². The van der Waals surface area contributed by atoms with E-state index in [0.717, 1.165) is 15.4 Å². The van der Waals surface area contributed by atoms with Gasteiger partial charge in [-0.15, -0.1) is 0 Å². The molecule has 0 radical (unpaired) electrons. The molecule has 11 nitrogen and oxygen atoms in total. The molecule has 2 N–H and O–H groups in total. The molecule has 0 saturated carbocycles. The molecule has 1 heterocycles. The number of hydrogen-bond donors (Lipinski definition) is 2. The van der Waals surface area contributed by atoms with Crippen molar-refractivity contribution in [1.82, 2.24) is 19.7 Å². The zero-order valence-corrected chi connectivity index (χ0v) is 19.2. The predicted molar refractivity (Wildman–Crippen MR) is 115 cm³/mol. The Bertz CT molecular complexity index is 996. The second-order valence-electron chi connectivity index (χ2n) is 7.08. The Kier molecular flexibility index (Phi) is 9.91. The Balaban J connectivity index is 2.15. The molecule has 182 valence electrons. The zero-order chi connectivity index (χ0) is 24.4. The molecule has 13 heteroatoms. The smallest absolute Gasteiger partial charge is 0.409 e. The molecule has 0 bridgehead atoms. The lowest BCUT2D eigenvalue weighted by Crippen LogP contribution is -2.44. The van der Waals surface area contributed by atoms with Crippen LogP contribution in [0.5, 0.6) is 0 Å². The van der Waals surface area contributed by atoms with Crippen LogP contribution < -0.4 is 5.48 Å². The van der Waals surface area contributed by atoms with Crippen molar-refractivity contribution in [3.05, 3.63) is 42.0 Å². The van der Waals surface area contributed by atoms with Crippen molar-refractivity contribution in [3.63, 3.8) is 0 Å². The lowest BCUT2D eigenvalue weighted by Gasteiger charge is -2.24. The first-order valence-corrected chi connectivity index (χ1v) is 11.5. The van der Waals surface area contributed by atoms with Crippen molar-refractivity contribution in [2.24, 2.45) is 0 Å². The number of allylic oxidation sites excluding steroid dienone is 4. The molecule has 0 atom stereocenters. The van der Waals surface area contributed by atoms with E-state index in [-0.39, 0.29) is 37.0 Å². The summed E-state index contributed by atoms with van der Waals surface area (Å²) >= 11 is 0. The van der Waals surface area contributed by atoms with Crippen LogP contribution in [0.2, 0.25) is 0 Å². The number of nitrogens with one attached hydrogen (secondary N) is 1.